The lowest BCUT2D eigenvalue weighted by Gasteiger charge is -2.44. The standard InChI is InChI=1S/C15H21NO.ClH/c1-16(2)14-9-5-6-10-15(14)11-12-7-3-4-8-13(12)17-15;/h3-4,7-8,14H,5-6,9-11H2,1-2H3;1H/t14?,15-;/m1./s1. The number of fused-ring (bicyclic) bond motifs is 1. The summed E-state index contributed by atoms with van der Waals surface area (Å²) in [6, 6.07) is 9.08. The first-order chi connectivity index (χ1) is 8.21. The van der Waals surface area contributed by atoms with Crippen molar-refractivity contribution in [3.63, 3.8) is 0 Å². The van der Waals surface area contributed by atoms with Gasteiger partial charge in [-0.3, -0.25) is 0 Å². The van der Waals surface area contributed by atoms with Gasteiger partial charge in [-0.15, -0.1) is 12.4 Å². The van der Waals surface area contributed by atoms with Crippen molar-refractivity contribution in [3.05, 3.63) is 29.8 Å². The van der Waals surface area contributed by atoms with Gasteiger partial charge in [0, 0.05) is 12.5 Å². The zero-order chi connectivity index (χ0) is 11.9. The Morgan fingerprint density at radius 3 is 2.72 bits per heavy atom. The molecule has 0 bridgehead atoms. The van der Waals surface area contributed by atoms with Gasteiger partial charge in [0.05, 0.1) is 0 Å². The lowest BCUT2D eigenvalue weighted by atomic mass is 9.77. The van der Waals surface area contributed by atoms with Crippen LogP contribution in [0.15, 0.2) is 24.3 Å². The van der Waals surface area contributed by atoms with Crippen molar-refractivity contribution in [2.24, 2.45) is 0 Å². The Kier molecular flexibility index (Phi) is 3.88. The average Bonchev–Trinajstić information content (AvgIpc) is 2.67. The molecular formula is C15H22ClNO. The minimum absolute atomic E-state index is 0. The third kappa shape index (κ3) is 2.12. The third-order valence-electron chi connectivity index (χ3n) is 4.33. The molecule has 3 heteroatoms. The molecule has 3 rings (SSSR count). The van der Waals surface area contributed by atoms with Crippen LogP contribution in [0.2, 0.25) is 0 Å². The van der Waals surface area contributed by atoms with Gasteiger partial charge in [-0.25, -0.2) is 0 Å². The highest BCUT2D eigenvalue weighted by Crippen LogP contribution is 2.44. The van der Waals surface area contributed by atoms with E-state index in [9.17, 15) is 0 Å². The fraction of sp³-hybridized carbons (Fsp3) is 0.600. The summed E-state index contributed by atoms with van der Waals surface area (Å²) < 4.78 is 6.37. The minimum Gasteiger partial charge on any atom is -0.485 e. The molecule has 1 aliphatic carbocycles. The predicted molar refractivity (Wildman–Crippen MR) is 76.7 cm³/mol. The van der Waals surface area contributed by atoms with Gasteiger partial charge in [0.15, 0.2) is 0 Å². The van der Waals surface area contributed by atoms with Gasteiger partial charge < -0.3 is 9.64 Å². The van der Waals surface area contributed by atoms with Crippen LogP contribution in [0.3, 0.4) is 0 Å². The molecule has 1 spiro atoms. The van der Waals surface area contributed by atoms with Gasteiger partial charge in [0.25, 0.3) is 0 Å². The molecule has 2 nitrogen and oxygen atoms in total. The number of para-hydroxylation sites is 1. The van der Waals surface area contributed by atoms with Gasteiger partial charge in [0.2, 0.25) is 0 Å². The molecule has 1 aromatic carbocycles. The topological polar surface area (TPSA) is 12.5 Å². The number of likely N-dealkylation sites (N-methyl/N-ethyl adjacent to an activating group) is 1. The van der Waals surface area contributed by atoms with E-state index >= 15 is 0 Å². The molecule has 1 aliphatic heterocycles. The van der Waals surface area contributed by atoms with Crippen LogP contribution in [-0.4, -0.2) is 30.6 Å². The van der Waals surface area contributed by atoms with Crippen molar-refractivity contribution in [2.75, 3.05) is 14.1 Å². The summed E-state index contributed by atoms with van der Waals surface area (Å²) in [6.45, 7) is 0. The molecule has 0 saturated heterocycles. The van der Waals surface area contributed by atoms with E-state index in [2.05, 4.69) is 43.3 Å². The molecule has 0 N–H and O–H groups in total. The molecule has 2 atom stereocenters. The lowest BCUT2D eigenvalue weighted by Crippen LogP contribution is -2.55. The molecular weight excluding hydrogens is 246 g/mol. The van der Waals surface area contributed by atoms with Crippen molar-refractivity contribution in [2.45, 2.75) is 43.7 Å². The number of halogens is 1. The first kappa shape index (κ1) is 13.7. The number of ether oxygens (including phenoxy) is 1. The summed E-state index contributed by atoms with van der Waals surface area (Å²) in [7, 11) is 4.37. The first-order valence-corrected chi connectivity index (χ1v) is 6.65. The fourth-order valence-electron chi connectivity index (χ4n) is 3.57. The first-order valence-electron chi connectivity index (χ1n) is 6.65. The lowest BCUT2D eigenvalue weighted by molar-refractivity contribution is -0.0222. The van der Waals surface area contributed by atoms with Crippen LogP contribution in [0.4, 0.5) is 0 Å². The third-order valence-corrected chi connectivity index (χ3v) is 4.33. The highest BCUT2D eigenvalue weighted by atomic mass is 35.5. The molecule has 100 valence electrons. The van der Waals surface area contributed by atoms with Crippen LogP contribution < -0.4 is 4.74 Å². The molecule has 0 radical (unpaired) electrons. The van der Waals surface area contributed by atoms with Crippen LogP contribution in [0.1, 0.15) is 31.2 Å². The fourth-order valence-corrected chi connectivity index (χ4v) is 3.57. The van der Waals surface area contributed by atoms with Gasteiger partial charge in [-0.2, -0.15) is 0 Å². The second-order valence-electron chi connectivity index (χ2n) is 5.68. The van der Waals surface area contributed by atoms with Gasteiger partial charge in [-0.1, -0.05) is 24.6 Å². The smallest absolute Gasteiger partial charge is 0.129 e. The Hall–Kier alpha value is -0.730. The molecule has 1 aromatic rings. The predicted octanol–water partition coefficient (Wildman–Crippen LogP) is 3.29. The van der Waals surface area contributed by atoms with Crippen molar-refractivity contribution >= 4 is 12.4 Å². The van der Waals surface area contributed by atoms with Crippen LogP contribution in [0.5, 0.6) is 5.75 Å². The van der Waals surface area contributed by atoms with E-state index < -0.39 is 0 Å². The van der Waals surface area contributed by atoms with Gasteiger partial charge >= 0.3 is 0 Å². The van der Waals surface area contributed by atoms with E-state index in [0.717, 1.165) is 12.2 Å². The zero-order valence-electron chi connectivity index (χ0n) is 11.2. The van der Waals surface area contributed by atoms with Crippen LogP contribution in [0.25, 0.3) is 0 Å². The highest BCUT2D eigenvalue weighted by Gasteiger charge is 2.47. The Labute approximate surface area is 116 Å². The van der Waals surface area contributed by atoms with E-state index in [0.29, 0.717) is 6.04 Å². The van der Waals surface area contributed by atoms with E-state index in [-0.39, 0.29) is 18.0 Å². The summed E-state index contributed by atoms with van der Waals surface area (Å²) in [5.74, 6) is 1.11. The van der Waals surface area contributed by atoms with Crippen LogP contribution in [0, 0.1) is 0 Å². The Morgan fingerprint density at radius 1 is 1.22 bits per heavy atom. The van der Waals surface area contributed by atoms with E-state index in [1.54, 1.807) is 0 Å². The highest BCUT2D eigenvalue weighted by molar-refractivity contribution is 5.85. The normalized spacial score (nSPS) is 29.8. The molecule has 0 amide bonds. The molecule has 1 saturated carbocycles. The average molecular weight is 268 g/mol. The van der Waals surface area contributed by atoms with Crippen molar-refractivity contribution in [3.8, 4) is 5.75 Å². The summed E-state index contributed by atoms with van der Waals surface area (Å²) in [5, 5.41) is 0. The quantitative estimate of drug-likeness (QED) is 0.774. The van der Waals surface area contributed by atoms with Crippen molar-refractivity contribution in [1.29, 1.82) is 0 Å². The van der Waals surface area contributed by atoms with Crippen LogP contribution in [-0.2, 0) is 6.42 Å². The summed E-state index contributed by atoms with van der Waals surface area (Å²) in [5.41, 5.74) is 1.44. The van der Waals surface area contributed by atoms with Crippen molar-refractivity contribution in [1.82, 2.24) is 4.90 Å². The summed E-state index contributed by atoms with van der Waals surface area (Å²) >= 11 is 0. The maximum absolute atomic E-state index is 6.37. The van der Waals surface area contributed by atoms with E-state index in [1.165, 1.54) is 31.2 Å². The second kappa shape index (κ2) is 5.10. The minimum atomic E-state index is 0. The van der Waals surface area contributed by atoms with Crippen molar-refractivity contribution < 1.29 is 4.74 Å². The monoisotopic (exact) mass is 267 g/mol. The molecule has 1 fully saturated rings. The summed E-state index contributed by atoms with van der Waals surface area (Å²) in [6.07, 6.45) is 6.19. The zero-order valence-corrected chi connectivity index (χ0v) is 12.0. The Bertz CT molecular complexity index is 394. The Morgan fingerprint density at radius 2 is 2.00 bits per heavy atom. The number of hydrogen-bond acceptors (Lipinski definition) is 2. The number of hydrogen-bond donors (Lipinski definition) is 0. The molecule has 1 unspecified atom stereocenters. The number of rotatable bonds is 1. The molecule has 18 heavy (non-hydrogen) atoms. The molecule has 0 aromatic heterocycles. The number of benzene rings is 1. The maximum Gasteiger partial charge on any atom is 0.129 e. The maximum atomic E-state index is 6.37. The summed E-state index contributed by atoms with van der Waals surface area (Å²) in [4.78, 5) is 2.35. The Balaban J connectivity index is 0.00000120. The molecule has 1 heterocycles. The van der Waals surface area contributed by atoms with E-state index in [1.807, 2.05) is 0 Å². The van der Waals surface area contributed by atoms with Crippen LogP contribution >= 0.6 is 12.4 Å². The van der Waals surface area contributed by atoms with Gasteiger partial charge in [-0.05, 0) is 45.0 Å². The van der Waals surface area contributed by atoms with Gasteiger partial charge in [0.1, 0.15) is 11.4 Å². The second-order valence-corrected chi connectivity index (χ2v) is 5.68. The number of nitrogens with zero attached hydrogens (tertiary/aromatic N) is 1. The van der Waals surface area contributed by atoms with E-state index in [4.69, 9.17) is 4.74 Å². The SMILES string of the molecule is CN(C)C1CCCC[C@@]12Cc1ccccc1O2.Cl. The molecule has 2 aliphatic rings. The largest absolute Gasteiger partial charge is 0.485 e.